The summed E-state index contributed by atoms with van der Waals surface area (Å²) in [6.07, 6.45) is -1.18. The summed E-state index contributed by atoms with van der Waals surface area (Å²) in [5, 5.41) is 11.9. The zero-order valence-electron chi connectivity index (χ0n) is 14.7. The van der Waals surface area contributed by atoms with Gasteiger partial charge in [0, 0.05) is 26.2 Å². The van der Waals surface area contributed by atoms with Crippen LogP contribution in [0.3, 0.4) is 0 Å². The van der Waals surface area contributed by atoms with Crippen LogP contribution in [-0.2, 0) is 9.53 Å². The van der Waals surface area contributed by atoms with Gasteiger partial charge in [-0.15, -0.1) is 0 Å². The molecule has 9 heteroatoms. The molecule has 0 saturated carbocycles. The molecule has 0 radical (unpaired) electrons. The third kappa shape index (κ3) is 3.73. The van der Waals surface area contributed by atoms with Gasteiger partial charge in [-0.05, 0) is 25.2 Å². The average molecular weight is 366 g/mol. The average Bonchev–Trinajstić information content (AvgIpc) is 3.03. The molecule has 2 saturated heterocycles. The summed E-state index contributed by atoms with van der Waals surface area (Å²) < 4.78 is 19.6. The lowest BCUT2D eigenvalue weighted by molar-refractivity contribution is -0.130. The van der Waals surface area contributed by atoms with Gasteiger partial charge in [-0.1, -0.05) is 0 Å². The maximum Gasteiger partial charge on any atom is 0.414 e. The number of likely N-dealkylation sites (N-methyl/N-ethyl adjacent to an activating group) is 1. The maximum atomic E-state index is 14.6. The van der Waals surface area contributed by atoms with Crippen molar-refractivity contribution in [3.8, 4) is 0 Å². The molecular weight excluding hydrogens is 343 g/mol. The van der Waals surface area contributed by atoms with Gasteiger partial charge >= 0.3 is 6.09 Å². The fourth-order valence-electron chi connectivity index (χ4n) is 3.21. The smallest absolute Gasteiger partial charge is 0.414 e. The number of carbonyl (C=O) groups is 2. The third-order valence-electron chi connectivity index (χ3n) is 4.62. The second-order valence-corrected chi connectivity index (χ2v) is 6.33. The van der Waals surface area contributed by atoms with Gasteiger partial charge in [-0.25, -0.2) is 9.18 Å². The van der Waals surface area contributed by atoms with Crippen LogP contribution in [0, 0.1) is 5.82 Å². The molecule has 142 valence electrons. The van der Waals surface area contributed by atoms with E-state index in [9.17, 15) is 14.0 Å². The number of cyclic esters (lactones) is 1. The summed E-state index contributed by atoms with van der Waals surface area (Å²) in [7, 11) is 1.73. The maximum absolute atomic E-state index is 14.6. The molecule has 1 aromatic rings. The Morgan fingerprint density at radius 1 is 1.35 bits per heavy atom. The first-order chi connectivity index (χ1) is 12.5. The topological polar surface area (TPSA) is 85.4 Å². The van der Waals surface area contributed by atoms with Crippen molar-refractivity contribution in [1.82, 2.24) is 10.2 Å². The molecular formula is C17H23FN4O4. The molecule has 0 bridgehead atoms. The lowest BCUT2D eigenvalue weighted by Gasteiger charge is -2.36. The molecule has 2 fully saturated rings. The highest BCUT2D eigenvalue weighted by Crippen LogP contribution is 2.28. The highest BCUT2D eigenvalue weighted by atomic mass is 19.1. The number of piperazine rings is 1. The molecule has 0 spiro atoms. The SMILES string of the molecule is CNCC(=O)N1CCN(c2ccc(N3CC(CO)OC3=O)cc2F)CC1. The van der Waals surface area contributed by atoms with Crippen LogP contribution in [0.15, 0.2) is 18.2 Å². The van der Waals surface area contributed by atoms with Crippen LogP contribution in [0.2, 0.25) is 0 Å². The number of nitrogens with zero attached hydrogens (tertiary/aromatic N) is 3. The minimum absolute atomic E-state index is 0.0361. The predicted molar refractivity (Wildman–Crippen MR) is 93.8 cm³/mol. The Labute approximate surface area is 151 Å². The van der Waals surface area contributed by atoms with E-state index in [1.165, 1.54) is 11.0 Å². The molecule has 1 unspecified atom stereocenters. The zero-order chi connectivity index (χ0) is 18.7. The monoisotopic (exact) mass is 366 g/mol. The van der Waals surface area contributed by atoms with Crippen molar-refractivity contribution in [2.75, 3.05) is 62.7 Å². The van der Waals surface area contributed by atoms with Crippen molar-refractivity contribution in [1.29, 1.82) is 0 Å². The summed E-state index contributed by atoms with van der Waals surface area (Å²) in [6.45, 7) is 2.40. The van der Waals surface area contributed by atoms with E-state index in [0.29, 0.717) is 44.1 Å². The van der Waals surface area contributed by atoms with Crippen LogP contribution in [0.1, 0.15) is 0 Å². The van der Waals surface area contributed by atoms with E-state index in [2.05, 4.69) is 5.32 Å². The number of benzene rings is 1. The zero-order valence-corrected chi connectivity index (χ0v) is 14.7. The van der Waals surface area contributed by atoms with E-state index >= 15 is 0 Å². The Balaban J connectivity index is 1.66. The lowest BCUT2D eigenvalue weighted by Crippen LogP contribution is -2.50. The van der Waals surface area contributed by atoms with Gasteiger partial charge in [0.1, 0.15) is 11.9 Å². The Morgan fingerprint density at radius 2 is 2.08 bits per heavy atom. The molecule has 2 N–H and O–H groups in total. The van der Waals surface area contributed by atoms with Crippen LogP contribution in [0.25, 0.3) is 0 Å². The van der Waals surface area contributed by atoms with Crippen LogP contribution in [-0.4, -0.2) is 81.0 Å². The number of aliphatic hydroxyl groups excluding tert-OH is 1. The highest BCUT2D eigenvalue weighted by molar-refractivity contribution is 5.90. The first kappa shape index (κ1) is 18.4. The summed E-state index contributed by atoms with van der Waals surface area (Å²) >= 11 is 0. The van der Waals surface area contributed by atoms with Crippen molar-refractivity contribution < 1.29 is 23.8 Å². The second-order valence-electron chi connectivity index (χ2n) is 6.33. The van der Waals surface area contributed by atoms with Gasteiger partial charge in [0.25, 0.3) is 0 Å². The van der Waals surface area contributed by atoms with E-state index in [1.54, 1.807) is 24.1 Å². The van der Waals surface area contributed by atoms with E-state index < -0.39 is 18.0 Å². The molecule has 8 nitrogen and oxygen atoms in total. The highest BCUT2D eigenvalue weighted by Gasteiger charge is 2.32. The standard InChI is InChI=1S/C17H23FN4O4/c1-19-9-16(24)21-6-4-20(5-7-21)15-3-2-12(8-14(15)18)22-10-13(11-23)26-17(22)25/h2-3,8,13,19,23H,4-7,9-11H2,1H3. The Morgan fingerprint density at radius 3 is 2.65 bits per heavy atom. The number of rotatable bonds is 5. The molecule has 1 atom stereocenters. The number of nitrogens with one attached hydrogen (secondary N) is 1. The molecule has 2 amide bonds. The fraction of sp³-hybridized carbons (Fsp3) is 0.529. The number of ether oxygens (including phenoxy) is 1. The summed E-state index contributed by atoms with van der Waals surface area (Å²) in [5.41, 5.74) is 0.843. The van der Waals surface area contributed by atoms with Crippen molar-refractivity contribution in [2.45, 2.75) is 6.10 Å². The molecule has 2 aliphatic heterocycles. The number of hydrogen-bond acceptors (Lipinski definition) is 6. The Kier molecular flexibility index (Phi) is 5.58. The van der Waals surface area contributed by atoms with Crippen molar-refractivity contribution in [3.63, 3.8) is 0 Å². The Bertz CT molecular complexity index is 679. The number of aliphatic hydroxyl groups is 1. The predicted octanol–water partition coefficient (Wildman–Crippen LogP) is 0.0112. The van der Waals surface area contributed by atoms with Gasteiger partial charge in [0.2, 0.25) is 5.91 Å². The van der Waals surface area contributed by atoms with Gasteiger partial charge < -0.3 is 25.0 Å². The van der Waals surface area contributed by atoms with Crippen LogP contribution >= 0.6 is 0 Å². The summed E-state index contributed by atoms with van der Waals surface area (Å²) in [4.78, 5) is 28.7. The summed E-state index contributed by atoms with van der Waals surface area (Å²) in [6, 6.07) is 4.60. The van der Waals surface area contributed by atoms with Gasteiger partial charge in [-0.3, -0.25) is 9.69 Å². The van der Waals surface area contributed by atoms with Gasteiger partial charge in [-0.2, -0.15) is 0 Å². The number of halogens is 1. The molecule has 3 rings (SSSR count). The van der Waals surface area contributed by atoms with Crippen LogP contribution in [0.5, 0.6) is 0 Å². The van der Waals surface area contributed by atoms with Crippen molar-refractivity contribution in [2.24, 2.45) is 0 Å². The molecule has 1 aromatic carbocycles. The van der Waals surface area contributed by atoms with E-state index in [0.717, 1.165) is 0 Å². The minimum atomic E-state index is -0.590. The molecule has 2 aliphatic rings. The van der Waals surface area contributed by atoms with E-state index in [1.807, 2.05) is 4.90 Å². The second kappa shape index (κ2) is 7.88. The van der Waals surface area contributed by atoms with Crippen LogP contribution < -0.4 is 15.1 Å². The number of anilines is 2. The number of amides is 2. The minimum Gasteiger partial charge on any atom is -0.441 e. The van der Waals surface area contributed by atoms with E-state index in [4.69, 9.17) is 9.84 Å². The fourth-order valence-corrected chi connectivity index (χ4v) is 3.21. The normalized spacial score (nSPS) is 20.5. The number of carbonyl (C=O) groups excluding carboxylic acids is 2. The molecule has 0 aromatic heterocycles. The summed E-state index contributed by atoms with van der Waals surface area (Å²) in [5.74, 6) is -0.397. The van der Waals surface area contributed by atoms with E-state index in [-0.39, 0.29) is 19.1 Å². The van der Waals surface area contributed by atoms with Gasteiger partial charge in [0.15, 0.2) is 0 Å². The number of hydrogen-bond donors (Lipinski definition) is 2. The molecule has 26 heavy (non-hydrogen) atoms. The van der Waals surface area contributed by atoms with Crippen molar-refractivity contribution in [3.05, 3.63) is 24.0 Å². The largest absolute Gasteiger partial charge is 0.441 e. The first-order valence-corrected chi connectivity index (χ1v) is 8.59. The molecule has 0 aliphatic carbocycles. The lowest BCUT2D eigenvalue weighted by atomic mass is 10.2. The third-order valence-corrected chi connectivity index (χ3v) is 4.62. The Hall–Kier alpha value is -2.39. The van der Waals surface area contributed by atoms with Crippen molar-refractivity contribution >= 4 is 23.4 Å². The molecule has 2 heterocycles. The van der Waals surface area contributed by atoms with Gasteiger partial charge in [0.05, 0.1) is 31.1 Å². The van der Waals surface area contributed by atoms with Crippen LogP contribution in [0.4, 0.5) is 20.6 Å². The quantitative estimate of drug-likeness (QED) is 0.764. The first-order valence-electron chi connectivity index (χ1n) is 8.59.